The van der Waals surface area contributed by atoms with Crippen molar-refractivity contribution in [2.75, 3.05) is 38.2 Å². The summed E-state index contributed by atoms with van der Waals surface area (Å²) in [4.78, 5) is 19.6. The zero-order valence-corrected chi connectivity index (χ0v) is 9.27. The Morgan fingerprint density at radius 3 is 3.25 bits per heavy atom. The van der Waals surface area contributed by atoms with E-state index in [1.165, 1.54) is 12.4 Å². The summed E-state index contributed by atoms with van der Waals surface area (Å²) in [6.45, 7) is 3.21. The van der Waals surface area contributed by atoms with E-state index in [0.717, 1.165) is 26.2 Å². The summed E-state index contributed by atoms with van der Waals surface area (Å²) in [6.07, 6.45) is 1.56. The fourth-order valence-electron chi connectivity index (χ4n) is 1.70. The van der Waals surface area contributed by atoms with Crippen LogP contribution in [-0.2, 0) is 4.74 Å². The molecule has 0 saturated carbocycles. The predicted octanol–water partition coefficient (Wildman–Crippen LogP) is -0.805. The van der Waals surface area contributed by atoms with Crippen molar-refractivity contribution in [2.45, 2.75) is 6.10 Å². The molecule has 1 aromatic heterocycles. The smallest absolute Gasteiger partial charge is 0.252 e. The zero-order chi connectivity index (χ0) is 11.4. The van der Waals surface area contributed by atoms with Crippen LogP contribution in [0.25, 0.3) is 0 Å². The molecular formula is C10H16N4O2. The van der Waals surface area contributed by atoms with Crippen LogP contribution in [0.1, 0.15) is 0 Å². The third-order valence-electron chi connectivity index (χ3n) is 2.54. The molecule has 0 aromatic carbocycles. The minimum Gasteiger partial charge on any atom is -0.374 e. The van der Waals surface area contributed by atoms with Crippen molar-refractivity contribution >= 4 is 5.82 Å². The molecule has 1 aliphatic rings. The molecule has 2 rings (SSSR count). The fourth-order valence-corrected chi connectivity index (χ4v) is 1.70. The number of rotatable bonds is 3. The van der Waals surface area contributed by atoms with Crippen molar-refractivity contribution in [3.05, 3.63) is 22.7 Å². The first-order chi connectivity index (χ1) is 7.75. The van der Waals surface area contributed by atoms with E-state index in [-0.39, 0.29) is 11.7 Å². The van der Waals surface area contributed by atoms with Gasteiger partial charge in [0.05, 0.1) is 19.0 Å². The third kappa shape index (κ3) is 2.80. The van der Waals surface area contributed by atoms with Gasteiger partial charge in [0, 0.05) is 32.7 Å². The van der Waals surface area contributed by atoms with Crippen LogP contribution in [0.2, 0.25) is 0 Å². The Labute approximate surface area is 93.6 Å². The molecule has 6 nitrogen and oxygen atoms in total. The van der Waals surface area contributed by atoms with Crippen LogP contribution in [0.4, 0.5) is 5.82 Å². The Kier molecular flexibility index (Phi) is 3.53. The molecule has 1 aliphatic heterocycles. The molecule has 1 saturated heterocycles. The van der Waals surface area contributed by atoms with Crippen LogP contribution < -0.4 is 15.8 Å². The number of morpholine rings is 1. The lowest BCUT2D eigenvalue weighted by Gasteiger charge is -2.28. The van der Waals surface area contributed by atoms with Crippen LogP contribution >= 0.6 is 0 Å². The molecule has 2 heterocycles. The van der Waals surface area contributed by atoms with Crippen LogP contribution in [0.5, 0.6) is 0 Å². The molecule has 0 amide bonds. The number of hydrogen-bond acceptors (Lipinski definition) is 5. The molecule has 0 aliphatic carbocycles. The fraction of sp³-hybridized carbons (Fsp3) is 0.600. The number of aromatic nitrogens is 2. The average molecular weight is 224 g/mol. The second-order valence-corrected chi connectivity index (χ2v) is 3.85. The molecule has 6 heteroatoms. The first-order valence-electron chi connectivity index (χ1n) is 5.34. The number of aromatic amines is 1. The van der Waals surface area contributed by atoms with Gasteiger partial charge in [-0.2, -0.15) is 0 Å². The Morgan fingerprint density at radius 1 is 1.69 bits per heavy atom. The summed E-state index contributed by atoms with van der Waals surface area (Å²) in [5, 5.41) is 3.26. The van der Waals surface area contributed by atoms with Gasteiger partial charge in [-0.1, -0.05) is 0 Å². The van der Waals surface area contributed by atoms with Gasteiger partial charge >= 0.3 is 0 Å². The van der Waals surface area contributed by atoms with Gasteiger partial charge in [0.2, 0.25) is 0 Å². The number of likely N-dealkylation sites (N-methyl/N-ethyl adjacent to an activating group) is 1. The summed E-state index contributed by atoms with van der Waals surface area (Å²) >= 11 is 0. The van der Waals surface area contributed by atoms with Crippen LogP contribution in [0.15, 0.2) is 17.2 Å². The van der Waals surface area contributed by atoms with Gasteiger partial charge in [-0.15, -0.1) is 0 Å². The maximum Gasteiger partial charge on any atom is 0.252 e. The average Bonchev–Trinajstić information content (AvgIpc) is 2.30. The number of nitrogens with zero attached hydrogens (tertiary/aromatic N) is 2. The van der Waals surface area contributed by atoms with E-state index in [9.17, 15) is 4.79 Å². The number of anilines is 1. The second kappa shape index (κ2) is 5.09. The Hall–Kier alpha value is -1.40. The van der Waals surface area contributed by atoms with E-state index in [1.807, 2.05) is 11.9 Å². The van der Waals surface area contributed by atoms with Crippen molar-refractivity contribution in [3.63, 3.8) is 0 Å². The monoisotopic (exact) mass is 224 g/mol. The van der Waals surface area contributed by atoms with Gasteiger partial charge in [-0.3, -0.25) is 4.79 Å². The van der Waals surface area contributed by atoms with Gasteiger partial charge in [-0.25, -0.2) is 4.98 Å². The molecule has 0 bridgehead atoms. The molecule has 1 aromatic rings. The summed E-state index contributed by atoms with van der Waals surface area (Å²) in [6, 6.07) is 1.48. The van der Waals surface area contributed by atoms with Crippen molar-refractivity contribution in [2.24, 2.45) is 0 Å². The van der Waals surface area contributed by atoms with Crippen molar-refractivity contribution in [3.8, 4) is 0 Å². The Bertz CT molecular complexity index is 386. The van der Waals surface area contributed by atoms with Crippen molar-refractivity contribution < 1.29 is 4.74 Å². The van der Waals surface area contributed by atoms with Gasteiger partial charge in [-0.05, 0) is 0 Å². The minimum atomic E-state index is -0.139. The SMILES string of the molecule is CN(CC1CNCCO1)c1cc(=O)[nH]cn1. The molecule has 0 radical (unpaired) electrons. The zero-order valence-electron chi connectivity index (χ0n) is 9.27. The van der Waals surface area contributed by atoms with E-state index in [2.05, 4.69) is 15.3 Å². The Morgan fingerprint density at radius 2 is 2.56 bits per heavy atom. The molecule has 1 fully saturated rings. The van der Waals surface area contributed by atoms with Crippen molar-refractivity contribution in [1.82, 2.24) is 15.3 Å². The molecule has 16 heavy (non-hydrogen) atoms. The normalized spacial score (nSPS) is 20.7. The van der Waals surface area contributed by atoms with E-state index in [0.29, 0.717) is 5.82 Å². The summed E-state index contributed by atoms with van der Waals surface area (Å²) in [7, 11) is 1.90. The highest BCUT2D eigenvalue weighted by Gasteiger charge is 2.16. The van der Waals surface area contributed by atoms with Crippen LogP contribution in [-0.4, -0.2) is 49.4 Å². The molecule has 1 atom stereocenters. The number of hydrogen-bond donors (Lipinski definition) is 2. The van der Waals surface area contributed by atoms with Crippen LogP contribution in [0.3, 0.4) is 0 Å². The van der Waals surface area contributed by atoms with E-state index in [1.54, 1.807) is 0 Å². The van der Waals surface area contributed by atoms with Gasteiger partial charge in [0.15, 0.2) is 0 Å². The standard InChI is InChI=1S/C10H16N4O2/c1-14(6-8-5-11-2-3-16-8)9-4-10(15)13-7-12-9/h4,7-8,11H,2-3,5-6H2,1H3,(H,12,13,15). The van der Waals surface area contributed by atoms with Gasteiger partial charge < -0.3 is 19.9 Å². The number of nitrogens with one attached hydrogen (secondary N) is 2. The first-order valence-corrected chi connectivity index (χ1v) is 5.34. The second-order valence-electron chi connectivity index (χ2n) is 3.85. The van der Waals surface area contributed by atoms with E-state index in [4.69, 9.17) is 4.74 Å². The van der Waals surface area contributed by atoms with E-state index >= 15 is 0 Å². The van der Waals surface area contributed by atoms with Gasteiger partial charge in [0.1, 0.15) is 5.82 Å². The molecule has 2 N–H and O–H groups in total. The quantitative estimate of drug-likeness (QED) is 0.703. The lowest BCUT2D eigenvalue weighted by atomic mass is 10.3. The molecular weight excluding hydrogens is 208 g/mol. The highest BCUT2D eigenvalue weighted by Crippen LogP contribution is 2.06. The lowest BCUT2D eigenvalue weighted by Crippen LogP contribution is -2.44. The summed E-state index contributed by atoms with van der Waals surface area (Å²) < 4.78 is 5.58. The maximum atomic E-state index is 11.1. The molecule has 0 spiro atoms. The summed E-state index contributed by atoms with van der Waals surface area (Å²) in [5.41, 5.74) is -0.139. The van der Waals surface area contributed by atoms with Crippen LogP contribution in [0, 0.1) is 0 Å². The summed E-state index contributed by atoms with van der Waals surface area (Å²) in [5.74, 6) is 0.665. The lowest BCUT2D eigenvalue weighted by molar-refractivity contribution is 0.0339. The largest absolute Gasteiger partial charge is 0.374 e. The predicted molar refractivity (Wildman–Crippen MR) is 60.7 cm³/mol. The maximum absolute atomic E-state index is 11.1. The van der Waals surface area contributed by atoms with Gasteiger partial charge in [0.25, 0.3) is 5.56 Å². The van der Waals surface area contributed by atoms with E-state index < -0.39 is 0 Å². The third-order valence-corrected chi connectivity index (χ3v) is 2.54. The highest BCUT2D eigenvalue weighted by atomic mass is 16.5. The number of ether oxygens (including phenoxy) is 1. The number of H-pyrrole nitrogens is 1. The highest BCUT2D eigenvalue weighted by molar-refractivity contribution is 5.35. The van der Waals surface area contributed by atoms with Crippen molar-refractivity contribution in [1.29, 1.82) is 0 Å². The topological polar surface area (TPSA) is 70.2 Å². The first kappa shape index (κ1) is 11.1. The Balaban J connectivity index is 1.96. The molecule has 1 unspecified atom stereocenters. The molecule has 88 valence electrons. The minimum absolute atomic E-state index is 0.139.